The Hall–Kier alpha value is -1.68. The number of aliphatic hydroxyl groups excluding tert-OH is 1. The minimum atomic E-state index is -0.447. The largest absolute Gasteiger partial charge is 0.388 e. The van der Waals surface area contributed by atoms with Crippen molar-refractivity contribution < 1.29 is 9.90 Å². The number of rotatable bonds is 6. The predicted molar refractivity (Wildman–Crippen MR) is 108 cm³/mol. The lowest BCUT2D eigenvalue weighted by atomic mass is 9.88. The standard InChI is InChI=1S/C22H27NO2.ClH/c1-23-19(15-21(24)17-9-4-2-5-10-17)13-8-14-20(23)16-22(25)18-11-6-3-7-12-18;/h2-7,9-12,19-21,24H,8,13-16H2,1H3;1H/t19-,20?,21?;/m0./s1. The SMILES string of the molecule is CN1C(CC(=O)c2ccccc2)CCC[C@H]1CC(O)c1ccccc1.Cl. The fourth-order valence-electron chi connectivity index (χ4n) is 3.85. The summed E-state index contributed by atoms with van der Waals surface area (Å²) in [5, 5.41) is 10.5. The number of likely N-dealkylation sites (tertiary alicyclic amines) is 1. The van der Waals surface area contributed by atoms with Gasteiger partial charge >= 0.3 is 0 Å². The normalized spacial score (nSPS) is 21.6. The molecule has 0 aromatic heterocycles. The number of piperidine rings is 1. The van der Waals surface area contributed by atoms with Crippen LogP contribution < -0.4 is 0 Å². The number of carbonyl (C=O) groups excluding carboxylic acids is 1. The van der Waals surface area contributed by atoms with Crippen molar-refractivity contribution in [3.05, 3.63) is 71.8 Å². The molecule has 26 heavy (non-hydrogen) atoms. The molecule has 3 nitrogen and oxygen atoms in total. The second-order valence-electron chi connectivity index (χ2n) is 7.06. The van der Waals surface area contributed by atoms with Crippen molar-refractivity contribution in [1.82, 2.24) is 4.90 Å². The van der Waals surface area contributed by atoms with Gasteiger partial charge in [0.25, 0.3) is 0 Å². The molecule has 1 fully saturated rings. The Kier molecular flexibility index (Phi) is 7.83. The van der Waals surface area contributed by atoms with Gasteiger partial charge in [-0.05, 0) is 31.9 Å². The van der Waals surface area contributed by atoms with Crippen molar-refractivity contribution in [2.24, 2.45) is 0 Å². The first-order valence-corrected chi connectivity index (χ1v) is 9.18. The molecule has 1 aliphatic heterocycles. The quantitative estimate of drug-likeness (QED) is 0.749. The minimum absolute atomic E-state index is 0. The number of benzene rings is 2. The molecule has 0 saturated carbocycles. The molecular formula is C22H28ClNO2. The molecule has 2 aromatic rings. The number of carbonyl (C=O) groups is 1. The Bertz CT molecular complexity index is 677. The fraction of sp³-hybridized carbons (Fsp3) is 0.409. The highest BCUT2D eigenvalue weighted by Crippen LogP contribution is 2.30. The van der Waals surface area contributed by atoms with Crippen molar-refractivity contribution >= 4 is 18.2 Å². The van der Waals surface area contributed by atoms with Gasteiger partial charge in [0.15, 0.2) is 5.78 Å². The fourth-order valence-corrected chi connectivity index (χ4v) is 3.85. The van der Waals surface area contributed by atoms with Crippen molar-refractivity contribution in [3.63, 3.8) is 0 Å². The molecule has 3 rings (SSSR count). The number of ketones is 1. The van der Waals surface area contributed by atoms with Crippen molar-refractivity contribution in [2.75, 3.05) is 7.05 Å². The molecule has 3 atom stereocenters. The van der Waals surface area contributed by atoms with Crippen LogP contribution in [0.1, 0.15) is 54.1 Å². The number of hydrogen-bond acceptors (Lipinski definition) is 3. The molecule has 0 radical (unpaired) electrons. The van der Waals surface area contributed by atoms with E-state index in [9.17, 15) is 9.90 Å². The van der Waals surface area contributed by atoms with Gasteiger partial charge in [-0.25, -0.2) is 0 Å². The third kappa shape index (κ3) is 5.16. The Morgan fingerprint density at radius 1 is 1.04 bits per heavy atom. The van der Waals surface area contributed by atoms with Gasteiger partial charge in [-0.15, -0.1) is 12.4 Å². The zero-order valence-electron chi connectivity index (χ0n) is 15.3. The predicted octanol–water partition coefficient (Wildman–Crippen LogP) is 4.66. The smallest absolute Gasteiger partial charge is 0.164 e. The van der Waals surface area contributed by atoms with Crippen molar-refractivity contribution in [2.45, 2.75) is 50.3 Å². The van der Waals surface area contributed by atoms with Gasteiger partial charge in [0.2, 0.25) is 0 Å². The van der Waals surface area contributed by atoms with E-state index in [2.05, 4.69) is 11.9 Å². The average Bonchev–Trinajstić information content (AvgIpc) is 2.66. The molecule has 1 saturated heterocycles. The van der Waals surface area contributed by atoms with E-state index in [4.69, 9.17) is 0 Å². The van der Waals surface area contributed by atoms with Gasteiger partial charge in [0.05, 0.1) is 6.10 Å². The first-order valence-electron chi connectivity index (χ1n) is 9.18. The lowest BCUT2D eigenvalue weighted by Gasteiger charge is -2.40. The van der Waals surface area contributed by atoms with E-state index in [1.807, 2.05) is 60.7 Å². The van der Waals surface area contributed by atoms with Crippen LogP contribution in [0.2, 0.25) is 0 Å². The Balaban J connectivity index is 0.00000243. The van der Waals surface area contributed by atoms with Crippen LogP contribution in [0.5, 0.6) is 0 Å². The summed E-state index contributed by atoms with van der Waals surface area (Å²) < 4.78 is 0. The molecule has 2 unspecified atom stereocenters. The number of hydrogen-bond donors (Lipinski definition) is 1. The second-order valence-corrected chi connectivity index (χ2v) is 7.06. The molecule has 4 heteroatoms. The van der Waals surface area contributed by atoms with Crippen LogP contribution in [0.15, 0.2) is 60.7 Å². The number of aliphatic hydroxyl groups is 1. The highest BCUT2D eigenvalue weighted by atomic mass is 35.5. The summed E-state index contributed by atoms with van der Waals surface area (Å²) in [6.45, 7) is 0. The highest BCUT2D eigenvalue weighted by Gasteiger charge is 2.30. The number of Topliss-reactive ketones (excluding diaryl/α,β-unsaturated/α-hetero) is 1. The summed E-state index contributed by atoms with van der Waals surface area (Å²) in [7, 11) is 2.10. The van der Waals surface area contributed by atoms with E-state index in [-0.39, 0.29) is 24.2 Å². The zero-order chi connectivity index (χ0) is 17.6. The monoisotopic (exact) mass is 373 g/mol. The topological polar surface area (TPSA) is 40.5 Å². The molecule has 0 spiro atoms. The Morgan fingerprint density at radius 3 is 2.27 bits per heavy atom. The van der Waals surface area contributed by atoms with Gasteiger partial charge in [-0.3, -0.25) is 9.69 Å². The summed E-state index contributed by atoms with van der Waals surface area (Å²) in [6.07, 6.45) is 4.07. The average molecular weight is 374 g/mol. The molecule has 0 aliphatic carbocycles. The van der Waals surface area contributed by atoms with E-state index in [1.165, 1.54) is 0 Å². The van der Waals surface area contributed by atoms with Crippen LogP contribution in [0.3, 0.4) is 0 Å². The molecule has 1 aliphatic rings. The molecule has 0 amide bonds. The Labute approximate surface area is 162 Å². The van der Waals surface area contributed by atoms with Gasteiger partial charge < -0.3 is 5.11 Å². The molecule has 2 aromatic carbocycles. The summed E-state index contributed by atoms with van der Waals surface area (Å²) in [4.78, 5) is 14.8. The first kappa shape index (κ1) is 20.6. The van der Waals surface area contributed by atoms with Crippen molar-refractivity contribution in [1.29, 1.82) is 0 Å². The van der Waals surface area contributed by atoms with E-state index in [1.54, 1.807) is 0 Å². The third-order valence-corrected chi connectivity index (χ3v) is 5.42. The lowest BCUT2D eigenvalue weighted by Crippen LogP contribution is -2.45. The second kappa shape index (κ2) is 9.86. The van der Waals surface area contributed by atoms with Crippen LogP contribution in [-0.2, 0) is 0 Å². The van der Waals surface area contributed by atoms with E-state index >= 15 is 0 Å². The lowest BCUT2D eigenvalue weighted by molar-refractivity contribution is 0.0549. The van der Waals surface area contributed by atoms with E-state index in [0.717, 1.165) is 36.8 Å². The minimum Gasteiger partial charge on any atom is -0.388 e. The third-order valence-electron chi connectivity index (χ3n) is 5.42. The van der Waals surface area contributed by atoms with Crippen LogP contribution in [0.4, 0.5) is 0 Å². The molecular weight excluding hydrogens is 346 g/mol. The summed E-state index contributed by atoms with van der Waals surface area (Å²) in [6, 6.07) is 20.0. The van der Waals surface area contributed by atoms with Gasteiger partial charge in [0.1, 0.15) is 0 Å². The summed E-state index contributed by atoms with van der Waals surface area (Å²) >= 11 is 0. The first-order chi connectivity index (χ1) is 12.1. The number of halogens is 1. The van der Waals surface area contributed by atoms with Crippen LogP contribution in [0.25, 0.3) is 0 Å². The molecule has 1 heterocycles. The zero-order valence-corrected chi connectivity index (χ0v) is 16.1. The van der Waals surface area contributed by atoms with Crippen LogP contribution in [0, 0.1) is 0 Å². The molecule has 1 N–H and O–H groups in total. The van der Waals surface area contributed by atoms with E-state index < -0.39 is 6.10 Å². The van der Waals surface area contributed by atoms with E-state index in [0.29, 0.717) is 12.5 Å². The van der Waals surface area contributed by atoms with Gasteiger partial charge in [0, 0.05) is 24.1 Å². The maximum absolute atomic E-state index is 12.5. The van der Waals surface area contributed by atoms with Gasteiger partial charge in [-0.1, -0.05) is 67.1 Å². The van der Waals surface area contributed by atoms with Crippen LogP contribution >= 0.6 is 12.4 Å². The Morgan fingerprint density at radius 2 is 1.62 bits per heavy atom. The highest BCUT2D eigenvalue weighted by molar-refractivity contribution is 5.96. The van der Waals surface area contributed by atoms with Gasteiger partial charge in [-0.2, -0.15) is 0 Å². The number of nitrogens with zero attached hydrogens (tertiary/aromatic N) is 1. The molecule has 0 bridgehead atoms. The molecule has 140 valence electrons. The van der Waals surface area contributed by atoms with Crippen molar-refractivity contribution in [3.8, 4) is 0 Å². The summed E-state index contributed by atoms with van der Waals surface area (Å²) in [5.41, 5.74) is 1.76. The summed E-state index contributed by atoms with van der Waals surface area (Å²) in [5.74, 6) is 0.210. The van der Waals surface area contributed by atoms with Crippen LogP contribution in [-0.4, -0.2) is 34.9 Å². The maximum atomic E-state index is 12.5. The maximum Gasteiger partial charge on any atom is 0.164 e.